The number of aromatic nitrogens is 1. The Morgan fingerprint density at radius 3 is 2.42 bits per heavy atom. The van der Waals surface area contributed by atoms with E-state index in [1.165, 1.54) is 6.07 Å². The van der Waals surface area contributed by atoms with Crippen molar-refractivity contribution in [3.05, 3.63) is 62.5 Å². The van der Waals surface area contributed by atoms with Crippen LogP contribution in [0.3, 0.4) is 0 Å². The van der Waals surface area contributed by atoms with E-state index in [0.717, 1.165) is 5.69 Å². The maximum Gasteiger partial charge on any atom is 0.261 e. The Bertz CT molecular complexity index is 675. The van der Waals surface area contributed by atoms with E-state index in [0.29, 0.717) is 16.4 Å². The van der Waals surface area contributed by atoms with Crippen LogP contribution < -0.4 is 10.7 Å². The molecule has 0 atom stereocenters. The summed E-state index contributed by atoms with van der Waals surface area (Å²) in [7, 11) is 0. The van der Waals surface area contributed by atoms with Gasteiger partial charge in [-0.25, -0.2) is 0 Å². The van der Waals surface area contributed by atoms with E-state index in [9.17, 15) is 9.59 Å². The average Bonchev–Trinajstić information content (AvgIpc) is 2.30. The van der Waals surface area contributed by atoms with Crippen LogP contribution in [0.5, 0.6) is 0 Å². The number of hydrogen-bond donors (Lipinski definition) is 2. The Hall–Kier alpha value is -2.07. The zero-order valence-corrected chi connectivity index (χ0v) is 11.3. The topological polar surface area (TPSA) is 62.0 Å². The summed E-state index contributed by atoms with van der Waals surface area (Å²) in [6, 6.07) is 8.10. The first-order chi connectivity index (χ1) is 8.97. The lowest BCUT2D eigenvalue weighted by atomic mass is 10.1. The number of benzene rings is 1. The van der Waals surface area contributed by atoms with Crippen molar-refractivity contribution in [2.75, 3.05) is 5.32 Å². The van der Waals surface area contributed by atoms with Crippen LogP contribution in [0, 0.1) is 13.8 Å². The number of rotatable bonds is 2. The summed E-state index contributed by atoms with van der Waals surface area (Å²) in [4.78, 5) is 26.9. The number of carbonyl (C=O) groups is 1. The molecule has 0 aliphatic rings. The molecule has 5 heteroatoms. The van der Waals surface area contributed by atoms with Gasteiger partial charge in [-0.2, -0.15) is 0 Å². The largest absolute Gasteiger partial charge is 0.362 e. The Morgan fingerprint density at radius 2 is 1.84 bits per heavy atom. The van der Waals surface area contributed by atoms with Gasteiger partial charge in [-0.15, -0.1) is 0 Å². The molecule has 2 aromatic rings. The zero-order chi connectivity index (χ0) is 14.0. The fourth-order valence-corrected chi connectivity index (χ4v) is 1.98. The molecule has 1 heterocycles. The Balaban J connectivity index is 2.30. The van der Waals surface area contributed by atoms with Crippen molar-refractivity contribution < 1.29 is 4.79 Å². The number of aryl methyl sites for hydroxylation is 2. The third kappa shape index (κ3) is 3.03. The molecule has 2 rings (SSSR count). The fourth-order valence-electron chi connectivity index (χ4n) is 1.86. The molecular formula is C14H13ClN2O2. The van der Waals surface area contributed by atoms with Gasteiger partial charge in [0.2, 0.25) is 0 Å². The van der Waals surface area contributed by atoms with Crippen LogP contribution in [0.2, 0.25) is 5.02 Å². The number of nitrogens with one attached hydrogen (secondary N) is 2. The molecule has 0 aliphatic heterocycles. The second-order valence-electron chi connectivity index (χ2n) is 4.28. The van der Waals surface area contributed by atoms with Crippen LogP contribution in [0.4, 0.5) is 5.69 Å². The Labute approximate surface area is 115 Å². The summed E-state index contributed by atoms with van der Waals surface area (Å²) >= 11 is 5.77. The maximum atomic E-state index is 12.1. The van der Waals surface area contributed by atoms with Crippen LogP contribution >= 0.6 is 11.6 Å². The van der Waals surface area contributed by atoms with E-state index in [-0.39, 0.29) is 11.0 Å². The van der Waals surface area contributed by atoms with Gasteiger partial charge in [-0.05, 0) is 38.1 Å². The van der Waals surface area contributed by atoms with Crippen molar-refractivity contribution in [1.29, 1.82) is 0 Å². The summed E-state index contributed by atoms with van der Waals surface area (Å²) in [6.45, 7) is 3.47. The lowest BCUT2D eigenvalue weighted by molar-refractivity contribution is 0.102. The molecule has 0 fully saturated rings. The molecule has 0 bridgehead atoms. The monoisotopic (exact) mass is 276 g/mol. The summed E-state index contributed by atoms with van der Waals surface area (Å²) in [5.74, 6) is -0.430. The van der Waals surface area contributed by atoms with Gasteiger partial charge >= 0.3 is 0 Å². The maximum absolute atomic E-state index is 12.1. The fraction of sp³-hybridized carbons (Fsp3) is 0.143. The van der Waals surface area contributed by atoms with Gasteiger partial charge in [0.1, 0.15) is 5.56 Å². The second kappa shape index (κ2) is 5.28. The number of pyridine rings is 1. The molecule has 4 nitrogen and oxygen atoms in total. The quantitative estimate of drug-likeness (QED) is 0.886. The van der Waals surface area contributed by atoms with Gasteiger partial charge in [0.05, 0.1) is 0 Å². The average molecular weight is 277 g/mol. The van der Waals surface area contributed by atoms with Crippen LogP contribution in [0.15, 0.2) is 35.1 Å². The number of aromatic amines is 1. The standard InChI is InChI=1S/C14H13ClN2O2/c1-8-7-12(18)13(9(2)16-8)14(19)17-11-5-3-10(15)4-6-11/h3-7H,1-2H3,(H,16,18)(H,17,19). The summed E-state index contributed by atoms with van der Waals surface area (Å²) < 4.78 is 0. The van der Waals surface area contributed by atoms with Gasteiger partial charge in [-0.3, -0.25) is 9.59 Å². The third-order valence-electron chi connectivity index (χ3n) is 2.68. The second-order valence-corrected chi connectivity index (χ2v) is 4.71. The van der Waals surface area contributed by atoms with Gasteiger partial charge in [0, 0.05) is 28.2 Å². The Morgan fingerprint density at radius 1 is 1.21 bits per heavy atom. The molecule has 0 aliphatic carbocycles. The van der Waals surface area contributed by atoms with Gasteiger partial charge in [0.25, 0.3) is 5.91 Å². The van der Waals surface area contributed by atoms with Crippen molar-refractivity contribution >= 4 is 23.2 Å². The van der Waals surface area contributed by atoms with E-state index < -0.39 is 5.91 Å². The number of anilines is 1. The van der Waals surface area contributed by atoms with Crippen molar-refractivity contribution in [3.63, 3.8) is 0 Å². The molecule has 98 valence electrons. The zero-order valence-electron chi connectivity index (χ0n) is 10.6. The van der Waals surface area contributed by atoms with E-state index in [1.807, 2.05) is 0 Å². The molecule has 2 N–H and O–H groups in total. The SMILES string of the molecule is Cc1cc(=O)c(C(=O)Nc2ccc(Cl)cc2)c(C)[nH]1. The van der Waals surface area contributed by atoms with E-state index >= 15 is 0 Å². The van der Waals surface area contributed by atoms with Gasteiger partial charge in [-0.1, -0.05) is 11.6 Å². The van der Waals surface area contributed by atoms with Crippen LogP contribution in [0.1, 0.15) is 21.7 Å². The summed E-state index contributed by atoms with van der Waals surface area (Å²) in [6.07, 6.45) is 0. The summed E-state index contributed by atoms with van der Waals surface area (Å²) in [5.41, 5.74) is 1.71. The molecule has 0 radical (unpaired) electrons. The molecule has 0 saturated carbocycles. The third-order valence-corrected chi connectivity index (χ3v) is 2.93. The molecule has 1 aromatic heterocycles. The minimum absolute atomic E-state index is 0.126. The van der Waals surface area contributed by atoms with Crippen LogP contribution in [-0.2, 0) is 0 Å². The normalized spacial score (nSPS) is 10.3. The summed E-state index contributed by atoms with van der Waals surface area (Å²) in [5, 5.41) is 3.25. The van der Waals surface area contributed by atoms with E-state index in [2.05, 4.69) is 10.3 Å². The van der Waals surface area contributed by atoms with Crippen molar-refractivity contribution in [3.8, 4) is 0 Å². The smallest absolute Gasteiger partial charge is 0.261 e. The van der Waals surface area contributed by atoms with E-state index in [1.54, 1.807) is 38.1 Å². The number of halogens is 1. The Kier molecular flexibility index (Phi) is 3.71. The number of hydrogen-bond acceptors (Lipinski definition) is 2. The van der Waals surface area contributed by atoms with E-state index in [4.69, 9.17) is 11.6 Å². The first kappa shape index (κ1) is 13.4. The lowest BCUT2D eigenvalue weighted by Crippen LogP contribution is -2.23. The minimum Gasteiger partial charge on any atom is -0.362 e. The number of carbonyl (C=O) groups excluding carboxylic acids is 1. The highest BCUT2D eigenvalue weighted by Crippen LogP contribution is 2.14. The molecular weight excluding hydrogens is 264 g/mol. The van der Waals surface area contributed by atoms with Crippen molar-refractivity contribution in [2.45, 2.75) is 13.8 Å². The number of amides is 1. The lowest BCUT2D eigenvalue weighted by Gasteiger charge is -2.08. The first-order valence-corrected chi connectivity index (χ1v) is 6.12. The molecule has 19 heavy (non-hydrogen) atoms. The minimum atomic E-state index is -0.430. The predicted octanol–water partition coefficient (Wildman–Crippen LogP) is 2.90. The highest BCUT2D eigenvalue weighted by Gasteiger charge is 2.14. The number of H-pyrrole nitrogens is 1. The molecule has 1 aromatic carbocycles. The van der Waals surface area contributed by atoms with Crippen molar-refractivity contribution in [2.24, 2.45) is 0 Å². The van der Waals surface area contributed by atoms with Crippen molar-refractivity contribution in [1.82, 2.24) is 4.98 Å². The molecule has 0 unspecified atom stereocenters. The molecule has 0 saturated heterocycles. The highest BCUT2D eigenvalue weighted by molar-refractivity contribution is 6.30. The molecule has 1 amide bonds. The van der Waals surface area contributed by atoms with Gasteiger partial charge < -0.3 is 10.3 Å². The predicted molar refractivity (Wildman–Crippen MR) is 75.9 cm³/mol. The first-order valence-electron chi connectivity index (χ1n) is 5.75. The highest BCUT2D eigenvalue weighted by atomic mass is 35.5. The van der Waals surface area contributed by atoms with Gasteiger partial charge in [0.15, 0.2) is 5.43 Å². The van der Waals surface area contributed by atoms with Crippen LogP contribution in [0.25, 0.3) is 0 Å². The van der Waals surface area contributed by atoms with Crippen LogP contribution in [-0.4, -0.2) is 10.9 Å². The molecule has 0 spiro atoms.